The minimum atomic E-state index is 0.648. The van der Waals surface area contributed by atoms with Gasteiger partial charge in [-0.1, -0.05) is 0 Å². The zero-order valence-electron chi connectivity index (χ0n) is 9.77. The van der Waals surface area contributed by atoms with Gasteiger partial charge in [0.2, 0.25) is 0 Å². The van der Waals surface area contributed by atoms with Crippen LogP contribution in [0, 0.1) is 0 Å². The highest BCUT2D eigenvalue weighted by Gasteiger charge is 2.45. The first-order chi connectivity index (χ1) is 7.88. The molecule has 16 heavy (non-hydrogen) atoms. The average molecular weight is 223 g/mol. The van der Waals surface area contributed by atoms with E-state index in [9.17, 15) is 4.79 Å². The summed E-state index contributed by atoms with van der Waals surface area (Å²) < 4.78 is 0. The third-order valence-electron chi connectivity index (χ3n) is 4.48. The van der Waals surface area contributed by atoms with Gasteiger partial charge in [0.25, 0.3) is 0 Å². The van der Waals surface area contributed by atoms with E-state index in [4.69, 9.17) is 0 Å². The van der Waals surface area contributed by atoms with Crippen molar-refractivity contribution in [1.29, 1.82) is 0 Å². The summed E-state index contributed by atoms with van der Waals surface area (Å²) in [6.45, 7) is 5.38. The molecular weight excluding hydrogens is 202 g/mol. The smallest absolute Gasteiger partial charge is 0.134 e. The molecule has 0 amide bonds. The van der Waals surface area contributed by atoms with Crippen LogP contribution < -0.4 is 5.32 Å². The van der Waals surface area contributed by atoms with Gasteiger partial charge in [-0.05, 0) is 32.4 Å². The molecule has 4 saturated heterocycles. The molecule has 4 nitrogen and oxygen atoms in total. The molecule has 2 atom stereocenters. The highest BCUT2D eigenvalue weighted by Crippen LogP contribution is 2.33. The van der Waals surface area contributed by atoms with Gasteiger partial charge in [0.05, 0.1) is 6.54 Å². The lowest BCUT2D eigenvalue weighted by atomic mass is 9.85. The Morgan fingerprint density at radius 1 is 1.12 bits per heavy atom. The van der Waals surface area contributed by atoms with Gasteiger partial charge in [0.15, 0.2) is 0 Å². The second kappa shape index (κ2) is 4.43. The maximum Gasteiger partial charge on any atom is 0.134 e. The van der Waals surface area contributed by atoms with Crippen LogP contribution in [-0.4, -0.2) is 66.9 Å². The van der Waals surface area contributed by atoms with Crippen molar-refractivity contribution in [1.82, 2.24) is 15.1 Å². The van der Waals surface area contributed by atoms with E-state index < -0.39 is 0 Å². The van der Waals surface area contributed by atoms with Gasteiger partial charge in [-0.2, -0.15) is 0 Å². The minimum Gasteiger partial charge on any atom is -0.317 e. The molecule has 0 aromatic heterocycles. The second-order valence-electron chi connectivity index (χ2n) is 5.34. The van der Waals surface area contributed by atoms with Crippen LogP contribution in [0.3, 0.4) is 0 Å². The molecule has 0 saturated carbocycles. The number of piperidine rings is 2. The molecule has 4 fully saturated rings. The van der Waals surface area contributed by atoms with Crippen molar-refractivity contribution in [2.45, 2.75) is 37.4 Å². The Labute approximate surface area is 97.0 Å². The van der Waals surface area contributed by atoms with Crippen molar-refractivity contribution in [3.05, 3.63) is 0 Å². The van der Waals surface area contributed by atoms with Crippen LogP contribution in [0.2, 0.25) is 0 Å². The van der Waals surface area contributed by atoms with E-state index >= 15 is 0 Å². The number of piperazine rings is 1. The minimum absolute atomic E-state index is 0.648. The van der Waals surface area contributed by atoms with Crippen LogP contribution in [0.15, 0.2) is 0 Å². The third-order valence-corrected chi connectivity index (χ3v) is 4.48. The van der Waals surface area contributed by atoms with Gasteiger partial charge in [0.1, 0.15) is 6.29 Å². The van der Waals surface area contributed by atoms with Crippen LogP contribution in [0.25, 0.3) is 0 Å². The first-order valence-electron chi connectivity index (χ1n) is 6.52. The van der Waals surface area contributed by atoms with E-state index in [1.807, 2.05) is 0 Å². The van der Waals surface area contributed by atoms with Gasteiger partial charge >= 0.3 is 0 Å². The molecule has 4 heterocycles. The maximum atomic E-state index is 10.6. The molecule has 90 valence electrons. The molecule has 0 aromatic carbocycles. The molecular formula is C12H21N3O. The van der Waals surface area contributed by atoms with Crippen LogP contribution in [0.5, 0.6) is 0 Å². The monoisotopic (exact) mass is 223 g/mol. The number of hydrogen-bond acceptors (Lipinski definition) is 4. The van der Waals surface area contributed by atoms with Crippen LogP contribution in [0.4, 0.5) is 0 Å². The van der Waals surface area contributed by atoms with E-state index in [2.05, 4.69) is 15.1 Å². The second-order valence-corrected chi connectivity index (χ2v) is 5.34. The molecule has 0 spiro atoms. The summed E-state index contributed by atoms with van der Waals surface area (Å²) in [4.78, 5) is 15.6. The summed E-state index contributed by atoms with van der Waals surface area (Å²) in [5, 5.41) is 3.42. The van der Waals surface area contributed by atoms with Gasteiger partial charge in [-0.15, -0.1) is 0 Å². The number of fused-ring (bicyclic) bond motifs is 2. The van der Waals surface area contributed by atoms with Gasteiger partial charge in [-0.3, -0.25) is 9.80 Å². The number of rotatable bonds is 3. The zero-order chi connectivity index (χ0) is 11.0. The predicted molar refractivity (Wildman–Crippen MR) is 62.4 cm³/mol. The number of hydrogen-bond donors (Lipinski definition) is 1. The van der Waals surface area contributed by atoms with Crippen molar-refractivity contribution >= 4 is 6.29 Å². The number of carbonyl (C=O) groups is 1. The normalized spacial score (nSPS) is 37.0. The molecule has 4 rings (SSSR count). The molecule has 4 aliphatic heterocycles. The van der Waals surface area contributed by atoms with E-state index in [1.165, 1.54) is 45.4 Å². The molecule has 4 aliphatic rings. The molecule has 0 aliphatic carbocycles. The Kier molecular flexibility index (Phi) is 2.96. The highest BCUT2D eigenvalue weighted by atomic mass is 16.1. The summed E-state index contributed by atoms with van der Waals surface area (Å²) in [6.07, 6.45) is 4.97. The summed E-state index contributed by atoms with van der Waals surface area (Å²) >= 11 is 0. The summed E-state index contributed by atoms with van der Waals surface area (Å²) in [6, 6.07) is 2.13. The van der Waals surface area contributed by atoms with Crippen molar-refractivity contribution < 1.29 is 4.79 Å². The van der Waals surface area contributed by atoms with E-state index in [0.717, 1.165) is 12.3 Å². The van der Waals surface area contributed by atoms with Crippen LogP contribution in [-0.2, 0) is 4.79 Å². The SMILES string of the molecule is O=CCN1C2CC1CN(C1CCNCC1)C2. The van der Waals surface area contributed by atoms with E-state index in [-0.39, 0.29) is 0 Å². The summed E-state index contributed by atoms with van der Waals surface area (Å²) in [7, 11) is 0. The molecule has 1 N–H and O–H groups in total. The largest absolute Gasteiger partial charge is 0.317 e. The van der Waals surface area contributed by atoms with Gasteiger partial charge in [-0.25, -0.2) is 0 Å². The summed E-state index contributed by atoms with van der Waals surface area (Å²) in [5.74, 6) is 0. The predicted octanol–water partition coefficient (Wildman–Crippen LogP) is -0.304. The first kappa shape index (κ1) is 10.7. The Morgan fingerprint density at radius 3 is 2.44 bits per heavy atom. The fourth-order valence-corrected chi connectivity index (χ4v) is 3.57. The fourth-order valence-electron chi connectivity index (χ4n) is 3.57. The zero-order valence-corrected chi connectivity index (χ0v) is 9.77. The molecule has 2 unspecified atom stereocenters. The van der Waals surface area contributed by atoms with Gasteiger partial charge < -0.3 is 10.1 Å². The Hall–Kier alpha value is -0.450. The molecule has 0 radical (unpaired) electrons. The quantitative estimate of drug-likeness (QED) is 0.666. The number of aldehydes is 1. The maximum absolute atomic E-state index is 10.6. The summed E-state index contributed by atoms with van der Waals surface area (Å²) in [5.41, 5.74) is 0. The van der Waals surface area contributed by atoms with Crippen LogP contribution in [0.1, 0.15) is 19.3 Å². The van der Waals surface area contributed by atoms with E-state index in [0.29, 0.717) is 18.6 Å². The lowest BCUT2D eigenvalue weighted by molar-refractivity contribution is -0.120. The van der Waals surface area contributed by atoms with E-state index in [1.54, 1.807) is 0 Å². The highest BCUT2D eigenvalue weighted by molar-refractivity contribution is 5.52. The lowest BCUT2D eigenvalue weighted by Gasteiger charge is -2.57. The van der Waals surface area contributed by atoms with Crippen LogP contribution >= 0.6 is 0 Å². The Balaban J connectivity index is 1.55. The fraction of sp³-hybridized carbons (Fsp3) is 0.917. The Morgan fingerprint density at radius 2 is 1.81 bits per heavy atom. The van der Waals surface area contributed by atoms with Crippen molar-refractivity contribution in [3.63, 3.8) is 0 Å². The lowest BCUT2D eigenvalue weighted by Crippen LogP contribution is -2.70. The Bertz CT molecular complexity index is 253. The van der Waals surface area contributed by atoms with Crippen molar-refractivity contribution in [2.24, 2.45) is 0 Å². The van der Waals surface area contributed by atoms with Crippen molar-refractivity contribution in [3.8, 4) is 0 Å². The third kappa shape index (κ3) is 1.79. The average Bonchev–Trinajstić information content (AvgIpc) is 2.37. The standard InChI is InChI=1S/C12H21N3O/c16-6-5-15-11-7-12(15)9-14(8-11)10-1-3-13-4-2-10/h6,10-13H,1-5,7-9H2. The molecule has 4 heteroatoms. The number of nitrogens with one attached hydrogen (secondary N) is 1. The topological polar surface area (TPSA) is 35.6 Å². The first-order valence-corrected chi connectivity index (χ1v) is 6.52. The molecule has 0 aromatic rings. The number of nitrogens with zero attached hydrogens (tertiary/aromatic N) is 2. The molecule has 2 bridgehead atoms. The van der Waals surface area contributed by atoms with Gasteiger partial charge in [0, 0.05) is 31.2 Å². The number of carbonyl (C=O) groups excluding carboxylic acids is 1. The van der Waals surface area contributed by atoms with Crippen molar-refractivity contribution in [2.75, 3.05) is 32.7 Å².